The van der Waals surface area contributed by atoms with E-state index in [4.69, 9.17) is 5.11 Å². The standard InChI is InChI=1S/C12H19N3O5S/c16-11(17)8-14-3-1-4-15(6-5-14)12(18)13-10-2-7-21(19,20)9-10/h2,7,10H,1,3-6,8-9H2,(H,13,18)(H,16,17). The largest absolute Gasteiger partial charge is 0.480 e. The third-order valence-electron chi connectivity index (χ3n) is 3.47. The number of hydrogen-bond acceptors (Lipinski definition) is 5. The molecule has 0 saturated carbocycles. The molecule has 1 unspecified atom stereocenters. The molecule has 1 atom stereocenters. The number of aliphatic carboxylic acids is 1. The second-order valence-corrected chi connectivity index (χ2v) is 7.16. The molecule has 2 aliphatic rings. The van der Waals surface area contributed by atoms with E-state index in [1.165, 1.54) is 6.08 Å². The van der Waals surface area contributed by atoms with Crippen molar-refractivity contribution >= 4 is 21.8 Å². The quantitative estimate of drug-likeness (QED) is 0.698. The van der Waals surface area contributed by atoms with Gasteiger partial charge in [0.05, 0.1) is 18.3 Å². The van der Waals surface area contributed by atoms with Crippen LogP contribution in [0.25, 0.3) is 0 Å². The summed E-state index contributed by atoms with van der Waals surface area (Å²) in [6, 6.07) is -0.792. The molecule has 118 valence electrons. The van der Waals surface area contributed by atoms with E-state index in [9.17, 15) is 18.0 Å². The molecule has 2 aliphatic heterocycles. The summed E-state index contributed by atoms with van der Waals surface area (Å²) in [6.07, 6.45) is 2.17. The molecular formula is C12H19N3O5S. The van der Waals surface area contributed by atoms with Crippen molar-refractivity contribution in [1.82, 2.24) is 15.1 Å². The maximum atomic E-state index is 12.1. The number of amides is 2. The van der Waals surface area contributed by atoms with E-state index in [0.717, 1.165) is 5.41 Å². The van der Waals surface area contributed by atoms with Crippen molar-refractivity contribution in [3.63, 3.8) is 0 Å². The second-order valence-electron chi connectivity index (χ2n) is 5.22. The van der Waals surface area contributed by atoms with E-state index >= 15 is 0 Å². The van der Waals surface area contributed by atoms with Crippen LogP contribution in [0.4, 0.5) is 4.79 Å². The van der Waals surface area contributed by atoms with Gasteiger partial charge in [0.15, 0.2) is 9.84 Å². The van der Waals surface area contributed by atoms with Crippen molar-refractivity contribution < 1.29 is 23.1 Å². The van der Waals surface area contributed by atoms with Gasteiger partial charge in [0.1, 0.15) is 0 Å². The summed E-state index contributed by atoms with van der Waals surface area (Å²) >= 11 is 0. The summed E-state index contributed by atoms with van der Waals surface area (Å²) in [5.41, 5.74) is 0. The number of nitrogens with one attached hydrogen (secondary N) is 1. The Morgan fingerprint density at radius 2 is 2.00 bits per heavy atom. The SMILES string of the molecule is O=C(O)CN1CCCN(C(=O)NC2C=CS(=O)(=O)C2)CC1. The Bertz CT molecular complexity index is 545. The topological polar surface area (TPSA) is 107 Å². The number of carboxylic acid groups (broad SMARTS) is 1. The first kappa shape index (κ1) is 15.8. The van der Waals surface area contributed by atoms with E-state index in [2.05, 4.69) is 5.32 Å². The number of carbonyl (C=O) groups excluding carboxylic acids is 1. The molecule has 8 nitrogen and oxygen atoms in total. The maximum absolute atomic E-state index is 12.1. The lowest BCUT2D eigenvalue weighted by Gasteiger charge is -2.23. The van der Waals surface area contributed by atoms with Crippen LogP contribution < -0.4 is 5.32 Å². The van der Waals surface area contributed by atoms with Crippen molar-refractivity contribution in [2.24, 2.45) is 0 Å². The molecule has 1 saturated heterocycles. The van der Waals surface area contributed by atoms with Crippen molar-refractivity contribution in [2.45, 2.75) is 12.5 Å². The van der Waals surface area contributed by atoms with E-state index in [-0.39, 0.29) is 18.3 Å². The molecule has 0 aromatic heterocycles. The summed E-state index contributed by atoms with van der Waals surface area (Å²) in [4.78, 5) is 26.2. The van der Waals surface area contributed by atoms with E-state index in [1.807, 2.05) is 0 Å². The lowest BCUT2D eigenvalue weighted by atomic mass is 10.3. The fourth-order valence-corrected chi connectivity index (χ4v) is 3.67. The van der Waals surface area contributed by atoms with Crippen LogP contribution in [0.2, 0.25) is 0 Å². The van der Waals surface area contributed by atoms with E-state index in [1.54, 1.807) is 9.80 Å². The third kappa shape index (κ3) is 4.71. The van der Waals surface area contributed by atoms with Crippen LogP contribution in [-0.4, -0.2) is 79.8 Å². The smallest absolute Gasteiger partial charge is 0.317 e. The van der Waals surface area contributed by atoms with Gasteiger partial charge in [0.25, 0.3) is 0 Å². The number of urea groups is 1. The predicted molar refractivity (Wildman–Crippen MR) is 75.5 cm³/mol. The van der Waals surface area contributed by atoms with Gasteiger partial charge in [-0.3, -0.25) is 9.69 Å². The monoisotopic (exact) mass is 317 g/mol. The van der Waals surface area contributed by atoms with Gasteiger partial charge in [-0.05, 0) is 12.5 Å². The normalized spacial score (nSPS) is 25.5. The first-order valence-corrected chi connectivity index (χ1v) is 8.48. The Morgan fingerprint density at radius 3 is 2.62 bits per heavy atom. The van der Waals surface area contributed by atoms with Gasteiger partial charge >= 0.3 is 12.0 Å². The predicted octanol–water partition coefficient (Wildman–Crippen LogP) is -0.901. The first-order valence-electron chi connectivity index (χ1n) is 6.76. The molecule has 0 aromatic carbocycles. The molecule has 21 heavy (non-hydrogen) atoms. The number of sulfone groups is 1. The van der Waals surface area contributed by atoms with Crippen LogP contribution >= 0.6 is 0 Å². The van der Waals surface area contributed by atoms with Crippen LogP contribution in [0.15, 0.2) is 11.5 Å². The van der Waals surface area contributed by atoms with Crippen molar-refractivity contribution in [2.75, 3.05) is 38.5 Å². The van der Waals surface area contributed by atoms with Gasteiger partial charge in [-0.1, -0.05) is 0 Å². The highest BCUT2D eigenvalue weighted by molar-refractivity contribution is 7.94. The zero-order valence-corrected chi connectivity index (χ0v) is 12.4. The minimum atomic E-state index is -3.19. The van der Waals surface area contributed by atoms with Crippen LogP contribution in [-0.2, 0) is 14.6 Å². The van der Waals surface area contributed by atoms with Crippen LogP contribution in [0.3, 0.4) is 0 Å². The van der Waals surface area contributed by atoms with E-state index < -0.39 is 21.8 Å². The molecule has 9 heteroatoms. The molecule has 2 rings (SSSR count). The van der Waals surface area contributed by atoms with Crippen LogP contribution in [0.5, 0.6) is 0 Å². The second kappa shape index (κ2) is 6.44. The van der Waals surface area contributed by atoms with E-state index in [0.29, 0.717) is 32.6 Å². The van der Waals surface area contributed by atoms with Gasteiger partial charge in [-0.25, -0.2) is 13.2 Å². The number of carbonyl (C=O) groups is 2. The van der Waals surface area contributed by atoms with Crippen molar-refractivity contribution in [1.29, 1.82) is 0 Å². The summed E-state index contributed by atoms with van der Waals surface area (Å²) in [6.45, 7) is 2.07. The number of hydrogen-bond donors (Lipinski definition) is 2. The number of carboxylic acids is 1. The lowest BCUT2D eigenvalue weighted by Crippen LogP contribution is -2.46. The molecule has 0 spiro atoms. The lowest BCUT2D eigenvalue weighted by molar-refractivity contribution is -0.138. The van der Waals surface area contributed by atoms with Gasteiger partial charge < -0.3 is 15.3 Å². The van der Waals surface area contributed by atoms with Gasteiger partial charge in [0.2, 0.25) is 0 Å². The summed E-state index contributed by atoms with van der Waals surface area (Å²) in [7, 11) is -3.19. The molecule has 2 N–H and O–H groups in total. The molecule has 2 amide bonds. The zero-order chi connectivity index (χ0) is 15.5. The molecule has 0 bridgehead atoms. The van der Waals surface area contributed by atoms with Crippen molar-refractivity contribution in [3.8, 4) is 0 Å². The number of nitrogens with zero attached hydrogens (tertiary/aromatic N) is 2. The van der Waals surface area contributed by atoms with Gasteiger partial charge in [0, 0.05) is 31.6 Å². The Kier molecular flexibility index (Phi) is 4.84. The summed E-state index contributed by atoms with van der Waals surface area (Å²) < 4.78 is 22.6. The summed E-state index contributed by atoms with van der Waals surface area (Å²) in [5, 5.41) is 12.6. The highest BCUT2D eigenvalue weighted by atomic mass is 32.2. The minimum absolute atomic E-state index is 0.0287. The van der Waals surface area contributed by atoms with Crippen LogP contribution in [0, 0.1) is 0 Å². The minimum Gasteiger partial charge on any atom is -0.480 e. The molecule has 0 aliphatic carbocycles. The van der Waals surface area contributed by atoms with Crippen molar-refractivity contribution in [3.05, 3.63) is 11.5 Å². The Labute approximate surface area is 123 Å². The Hall–Kier alpha value is -1.61. The molecule has 2 heterocycles. The molecule has 0 aromatic rings. The van der Waals surface area contributed by atoms with Gasteiger partial charge in [-0.2, -0.15) is 0 Å². The highest BCUT2D eigenvalue weighted by Crippen LogP contribution is 2.09. The Morgan fingerprint density at radius 1 is 1.24 bits per heavy atom. The molecule has 1 fully saturated rings. The first-order chi connectivity index (χ1) is 9.85. The van der Waals surface area contributed by atoms with Crippen LogP contribution in [0.1, 0.15) is 6.42 Å². The fourth-order valence-electron chi connectivity index (χ4n) is 2.44. The summed E-state index contributed by atoms with van der Waals surface area (Å²) in [5.74, 6) is -0.980. The molecule has 0 radical (unpaired) electrons. The molecular weight excluding hydrogens is 298 g/mol. The average molecular weight is 317 g/mol. The fraction of sp³-hybridized carbons (Fsp3) is 0.667. The average Bonchev–Trinajstić information content (AvgIpc) is 2.60. The highest BCUT2D eigenvalue weighted by Gasteiger charge is 2.26. The third-order valence-corrected chi connectivity index (χ3v) is 4.87. The maximum Gasteiger partial charge on any atom is 0.317 e. The zero-order valence-electron chi connectivity index (χ0n) is 11.6. The Balaban J connectivity index is 1.83. The van der Waals surface area contributed by atoms with Gasteiger partial charge in [-0.15, -0.1) is 0 Å². The number of rotatable bonds is 3.